The van der Waals surface area contributed by atoms with Crippen molar-refractivity contribution in [3.8, 4) is 22.3 Å². The smallest absolute Gasteiger partial charge is 0.316 e. The van der Waals surface area contributed by atoms with Crippen LogP contribution in [-0.2, 0) is 0 Å². The van der Waals surface area contributed by atoms with E-state index < -0.39 is 0 Å². The van der Waals surface area contributed by atoms with E-state index in [0.29, 0.717) is 0 Å². The van der Waals surface area contributed by atoms with Gasteiger partial charge in [0.15, 0.2) is 0 Å². The van der Waals surface area contributed by atoms with Crippen LogP contribution in [0, 0.1) is 0 Å². The van der Waals surface area contributed by atoms with E-state index in [2.05, 4.69) is 297 Å². The van der Waals surface area contributed by atoms with Gasteiger partial charge in [-0.25, -0.2) is 0 Å². The molecule has 340 valence electrons. The molecule has 0 fully saturated rings. The molecule has 0 aromatic heterocycles. The fourth-order valence-corrected chi connectivity index (χ4v) is 12.5. The lowest BCUT2D eigenvalue weighted by atomic mass is 9.32. The zero-order valence-electron chi connectivity index (χ0n) is 39.9. The van der Waals surface area contributed by atoms with E-state index in [-0.39, 0.29) is 13.7 Å². The monoisotopic (exact) mass is 929 g/mol. The molecule has 73 heavy (non-hydrogen) atoms. The number of hydrogen-bond donors (Lipinski definition) is 0. The van der Waals surface area contributed by atoms with Gasteiger partial charge < -0.3 is 24.3 Å². The minimum atomic E-state index is -0.141. The van der Waals surface area contributed by atoms with Crippen LogP contribution < -0.4 is 46.2 Å². The van der Waals surface area contributed by atoms with Gasteiger partial charge in [0.05, 0.1) is 0 Å². The zero-order valence-corrected chi connectivity index (χ0v) is 39.9. The molecule has 0 saturated carbocycles. The average Bonchev–Trinajstić information content (AvgIpc) is 3.51. The summed E-state index contributed by atoms with van der Waals surface area (Å²) in [4.78, 5) is 9.87. The molecule has 5 nitrogen and oxygen atoms in total. The SMILES string of the molecule is c1ccc(N(c2ccccc2)c2cc3c4c(c2)N(c2ccccc2)c2ccccc2B4N2B4c5ccccc5N(c5ccccc5)c5cc(N(c6ccccc6)c6ccccc6)cc(c54)-c4cccc-3c42)cc1. The van der Waals surface area contributed by atoms with E-state index in [1.165, 1.54) is 72.5 Å². The van der Waals surface area contributed by atoms with Crippen molar-refractivity contribution in [2.45, 2.75) is 0 Å². The van der Waals surface area contributed by atoms with Gasteiger partial charge in [0.25, 0.3) is 0 Å². The second kappa shape index (κ2) is 16.6. The van der Waals surface area contributed by atoms with Crippen LogP contribution in [0.15, 0.2) is 273 Å². The summed E-state index contributed by atoms with van der Waals surface area (Å²) >= 11 is 0. The Bertz CT molecular complexity index is 3570. The molecule has 0 radical (unpaired) electrons. The molecule has 0 spiro atoms. The largest absolute Gasteiger partial charge is 0.444 e. The summed E-state index contributed by atoms with van der Waals surface area (Å²) in [5.74, 6) is 0. The third kappa shape index (κ3) is 6.32. The third-order valence-electron chi connectivity index (χ3n) is 15.3. The second-order valence-electron chi connectivity index (χ2n) is 19.2. The summed E-state index contributed by atoms with van der Waals surface area (Å²) in [6, 6.07) is 100. The first-order valence-corrected chi connectivity index (χ1v) is 25.3. The van der Waals surface area contributed by atoms with Crippen molar-refractivity contribution in [2.24, 2.45) is 0 Å². The predicted molar refractivity (Wildman–Crippen MR) is 309 cm³/mol. The molecule has 4 heterocycles. The normalized spacial score (nSPS) is 13.1. The van der Waals surface area contributed by atoms with Crippen LogP contribution in [0.4, 0.5) is 73.9 Å². The minimum absolute atomic E-state index is 0.141. The Kier molecular flexibility index (Phi) is 9.39. The Morgan fingerprint density at radius 1 is 0.260 bits per heavy atom. The van der Waals surface area contributed by atoms with Crippen LogP contribution in [0.2, 0.25) is 0 Å². The van der Waals surface area contributed by atoms with Gasteiger partial charge in [0.2, 0.25) is 0 Å². The van der Waals surface area contributed by atoms with Crippen molar-refractivity contribution in [1.82, 2.24) is 0 Å². The fourth-order valence-electron chi connectivity index (χ4n) is 12.5. The van der Waals surface area contributed by atoms with Crippen LogP contribution in [0.5, 0.6) is 0 Å². The van der Waals surface area contributed by atoms with Crippen LogP contribution in [0.3, 0.4) is 0 Å². The number of anilines is 13. The molecule has 0 aliphatic carbocycles. The average molecular weight is 930 g/mol. The third-order valence-corrected chi connectivity index (χ3v) is 15.3. The molecule has 0 saturated heterocycles. The first-order valence-electron chi connectivity index (χ1n) is 25.3. The summed E-state index contributed by atoms with van der Waals surface area (Å²) in [6.07, 6.45) is 0. The van der Waals surface area contributed by atoms with Gasteiger partial charge in [-0.1, -0.05) is 164 Å². The van der Waals surface area contributed by atoms with Crippen LogP contribution in [0.1, 0.15) is 0 Å². The van der Waals surface area contributed by atoms with E-state index >= 15 is 0 Å². The van der Waals surface area contributed by atoms with Gasteiger partial charge in [0.1, 0.15) is 0 Å². The Morgan fingerprint density at radius 2 is 0.589 bits per heavy atom. The van der Waals surface area contributed by atoms with E-state index in [9.17, 15) is 0 Å². The molecule has 0 N–H and O–H groups in total. The van der Waals surface area contributed by atoms with Crippen molar-refractivity contribution in [2.75, 3.05) is 24.3 Å². The number of benzene rings is 11. The van der Waals surface area contributed by atoms with Crippen molar-refractivity contribution in [3.05, 3.63) is 273 Å². The number of para-hydroxylation sites is 9. The second-order valence-corrected chi connectivity index (χ2v) is 19.2. The van der Waals surface area contributed by atoms with Gasteiger partial charge in [-0.15, -0.1) is 0 Å². The van der Waals surface area contributed by atoms with Crippen LogP contribution >= 0.6 is 0 Å². The highest BCUT2D eigenvalue weighted by atomic mass is 15.2. The maximum absolute atomic E-state index is 2.82. The van der Waals surface area contributed by atoms with Crippen molar-refractivity contribution < 1.29 is 0 Å². The molecular formula is C66H45B2N5. The summed E-state index contributed by atoms with van der Waals surface area (Å²) < 4.78 is 2.82. The highest BCUT2D eigenvalue weighted by molar-refractivity contribution is 7.09. The highest BCUT2D eigenvalue weighted by Crippen LogP contribution is 2.54. The quantitative estimate of drug-likeness (QED) is 0.141. The first kappa shape index (κ1) is 41.3. The topological polar surface area (TPSA) is 16.2 Å². The Balaban J connectivity index is 1.07. The Morgan fingerprint density at radius 3 is 0.959 bits per heavy atom. The summed E-state index contributed by atoms with van der Waals surface area (Å²) in [5, 5.41) is 0. The molecule has 0 unspecified atom stereocenters. The van der Waals surface area contributed by atoms with Crippen LogP contribution in [-0.4, -0.2) is 13.7 Å². The van der Waals surface area contributed by atoms with E-state index in [0.717, 1.165) is 45.5 Å². The molecular weight excluding hydrogens is 884 g/mol. The summed E-state index contributed by atoms with van der Waals surface area (Å²) in [6.45, 7) is -0.282. The van der Waals surface area contributed by atoms with E-state index in [4.69, 9.17) is 0 Å². The van der Waals surface area contributed by atoms with Gasteiger partial charge >= 0.3 is 13.7 Å². The lowest BCUT2D eigenvalue weighted by Gasteiger charge is -2.53. The fraction of sp³-hybridized carbons (Fsp3) is 0. The van der Waals surface area contributed by atoms with Gasteiger partial charge in [-0.05, 0) is 142 Å². The van der Waals surface area contributed by atoms with Crippen molar-refractivity contribution >= 4 is 109 Å². The minimum Gasteiger partial charge on any atom is -0.444 e. The standard InChI is InChI=1S/C66H45B2N5/c1-7-24-46(25-8-1)69(47-26-9-2-10-27-47)52-42-56-54-36-23-37-55-57-43-53(70(48-28-11-3-12-29-48)49-30-13-4-14-31-49)45-63-65(57)68(59-39-20-22-41-61(59)72(63)51-34-17-6-18-35-51)73(66(54)55)67-58-38-19-21-40-60(58)71(62(44-52)64(56)67)50-32-15-5-16-33-50/h1-45H. The van der Waals surface area contributed by atoms with Crippen LogP contribution in [0.25, 0.3) is 22.3 Å². The van der Waals surface area contributed by atoms with Gasteiger partial charge in [-0.2, -0.15) is 0 Å². The molecule has 4 aliphatic rings. The molecule has 11 aromatic carbocycles. The van der Waals surface area contributed by atoms with Gasteiger partial charge in [-0.3, -0.25) is 0 Å². The first-order chi connectivity index (χ1) is 36.3. The number of hydrogen-bond acceptors (Lipinski definition) is 5. The molecule has 15 rings (SSSR count). The molecule has 0 atom stereocenters. The molecule has 0 amide bonds. The molecule has 0 bridgehead atoms. The maximum atomic E-state index is 2.82. The van der Waals surface area contributed by atoms with Gasteiger partial charge in [0, 0.05) is 85.1 Å². The zero-order chi connectivity index (χ0) is 48.0. The van der Waals surface area contributed by atoms with E-state index in [1.807, 2.05) is 0 Å². The van der Waals surface area contributed by atoms with E-state index in [1.54, 1.807) is 0 Å². The maximum Gasteiger partial charge on any atom is 0.316 e. The highest BCUT2D eigenvalue weighted by Gasteiger charge is 2.54. The lowest BCUT2D eigenvalue weighted by molar-refractivity contribution is 1.24. The Labute approximate surface area is 426 Å². The predicted octanol–water partition coefficient (Wildman–Crippen LogP) is 14.6. The lowest BCUT2D eigenvalue weighted by Crippen LogP contribution is -2.74. The number of rotatable bonds is 8. The summed E-state index contributed by atoms with van der Waals surface area (Å²) in [7, 11) is 0. The molecule has 4 aliphatic heterocycles. The van der Waals surface area contributed by atoms with Crippen molar-refractivity contribution in [3.63, 3.8) is 0 Å². The molecule has 7 heteroatoms. The number of nitrogens with zero attached hydrogens (tertiary/aromatic N) is 5. The van der Waals surface area contributed by atoms with Crippen molar-refractivity contribution in [1.29, 1.82) is 0 Å². The molecule has 11 aromatic rings. The Hall–Kier alpha value is -9.45. The summed E-state index contributed by atoms with van der Waals surface area (Å²) in [5.41, 5.74) is 24.9. The number of fused-ring (bicyclic) bond motifs is 8.